The van der Waals surface area contributed by atoms with Crippen LogP contribution in [0.5, 0.6) is 0 Å². The van der Waals surface area contributed by atoms with E-state index >= 15 is 0 Å². The zero-order valence-corrected chi connectivity index (χ0v) is 11.7. The van der Waals surface area contributed by atoms with E-state index in [9.17, 15) is 0 Å². The number of rotatable bonds is 6. The van der Waals surface area contributed by atoms with Crippen LogP contribution in [0.2, 0.25) is 0 Å². The van der Waals surface area contributed by atoms with E-state index < -0.39 is 0 Å². The second kappa shape index (κ2) is 6.86. The Hall–Kier alpha value is -0.930. The maximum Gasteiger partial charge on any atom is 0.0605 e. The van der Waals surface area contributed by atoms with Gasteiger partial charge in [0.15, 0.2) is 0 Å². The predicted octanol–water partition coefficient (Wildman–Crippen LogP) is 2.39. The summed E-state index contributed by atoms with van der Waals surface area (Å²) in [6.07, 6.45) is 5.62. The number of nitrogens with zero attached hydrogens (tertiary/aromatic N) is 2. The Morgan fingerprint density at radius 1 is 1.39 bits per heavy atom. The molecule has 0 unspecified atom stereocenters. The smallest absolute Gasteiger partial charge is 0.0605 e. The molecule has 0 spiro atoms. The van der Waals surface area contributed by atoms with Gasteiger partial charge in [-0.1, -0.05) is 19.9 Å². The molecule has 0 saturated carbocycles. The SMILES string of the molecule is CCN(CC)CCN[C@H]1CCCc2cccnc21. The molecule has 1 aliphatic rings. The highest BCUT2D eigenvalue weighted by molar-refractivity contribution is 5.25. The number of pyridine rings is 1. The summed E-state index contributed by atoms with van der Waals surface area (Å²) >= 11 is 0. The van der Waals surface area contributed by atoms with Crippen molar-refractivity contribution >= 4 is 0 Å². The molecule has 0 bridgehead atoms. The third-order valence-electron chi connectivity index (χ3n) is 3.91. The fourth-order valence-electron chi connectivity index (χ4n) is 2.74. The van der Waals surface area contributed by atoms with Crippen LogP contribution in [0.15, 0.2) is 18.3 Å². The van der Waals surface area contributed by atoms with Crippen LogP contribution in [0.3, 0.4) is 0 Å². The fraction of sp³-hybridized carbons (Fsp3) is 0.667. The zero-order valence-electron chi connectivity index (χ0n) is 11.7. The number of aryl methyl sites for hydroxylation is 1. The van der Waals surface area contributed by atoms with Gasteiger partial charge in [0.05, 0.1) is 5.69 Å². The summed E-state index contributed by atoms with van der Waals surface area (Å²) in [4.78, 5) is 7.02. The zero-order chi connectivity index (χ0) is 12.8. The lowest BCUT2D eigenvalue weighted by Gasteiger charge is -2.26. The average Bonchev–Trinajstić information content (AvgIpc) is 2.44. The summed E-state index contributed by atoms with van der Waals surface area (Å²) < 4.78 is 0. The van der Waals surface area contributed by atoms with Crippen LogP contribution in [0.25, 0.3) is 0 Å². The van der Waals surface area contributed by atoms with Gasteiger partial charge in [-0.25, -0.2) is 0 Å². The van der Waals surface area contributed by atoms with Gasteiger partial charge in [0.1, 0.15) is 0 Å². The molecule has 1 aliphatic carbocycles. The van der Waals surface area contributed by atoms with Gasteiger partial charge in [0.2, 0.25) is 0 Å². The van der Waals surface area contributed by atoms with E-state index in [1.165, 1.54) is 30.5 Å². The highest BCUT2D eigenvalue weighted by atomic mass is 15.1. The Morgan fingerprint density at radius 2 is 2.22 bits per heavy atom. The molecule has 1 aromatic heterocycles. The van der Waals surface area contributed by atoms with Crippen molar-refractivity contribution in [3.05, 3.63) is 29.6 Å². The van der Waals surface area contributed by atoms with E-state index in [-0.39, 0.29) is 0 Å². The van der Waals surface area contributed by atoms with Crippen LogP contribution in [-0.4, -0.2) is 36.1 Å². The lowest BCUT2D eigenvalue weighted by Crippen LogP contribution is -2.35. The maximum atomic E-state index is 4.56. The van der Waals surface area contributed by atoms with E-state index in [0.29, 0.717) is 6.04 Å². The van der Waals surface area contributed by atoms with Crippen molar-refractivity contribution in [1.29, 1.82) is 0 Å². The van der Waals surface area contributed by atoms with E-state index in [4.69, 9.17) is 0 Å². The molecule has 0 aromatic carbocycles. The average molecular weight is 247 g/mol. The lowest BCUT2D eigenvalue weighted by molar-refractivity contribution is 0.292. The summed E-state index contributed by atoms with van der Waals surface area (Å²) in [5.41, 5.74) is 2.72. The van der Waals surface area contributed by atoms with Gasteiger partial charge < -0.3 is 10.2 Å². The van der Waals surface area contributed by atoms with Crippen LogP contribution in [0.1, 0.15) is 44.0 Å². The third-order valence-corrected chi connectivity index (χ3v) is 3.91. The van der Waals surface area contributed by atoms with Crippen molar-refractivity contribution in [3.63, 3.8) is 0 Å². The fourth-order valence-corrected chi connectivity index (χ4v) is 2.74. The van der Waals surface area contributed by atoms with Gasteiger partial charge in [-0.2, -0.15) is 0 Å². The number of aromatic nitrogens is 1. The quantitative estimate of drug-likeness (QED) is 0.836. The molecule has 0 radical (unpaired) electrons. The Bertz CT molecular complexity index is 361. The molecule has 0 amide bonds. The van der Waals surface area contributed by atoms with E-state index in [2.05, 4.69) is 41.2 Å². The van der Waals surface area contributed by atoms with Crippen LogP contribution in [0, 0.1) is 0 Å². The molecule has 1 aromatic rings. The number of fused-ring (bicyclic) bond motifs is 1. The lowest BCUT2D eigenvalue weighted by atomic mass is 9.92. The first kappa shape index (κ1) is 13.5. The van der Waals surface area contributed by atoms with Crippen molar-refractivity contribution in [2.75, 3.05) is 26.2 Å². The van der Waals surface area contributed by atoms with Gasteiger partial charge in [-0.3, -0.25) is 4.98 Å². The third kappa shape index (κ3) is 3.30. The molecule has 3 heteroatoms. The number of hydrogen-bond acceptors (Lipinski definition) is 3. The molecule has 1 N–H and O–H groups in total. The van der Waals surface area contributed by atoms with Gasteiger partial charge in [-0.15, -0.1) is 0 Å². The molecule has 2 rings (SSSR count). The minimum atomic E-state index is 0.463. The minimum Gasteiger partial charge on any atom is -0.307 e. The minimum absolute atomic E-state index is 0.463. The van der Waals surface area contributed by atoms with Crippen molar-refractivity contribution in [3.8, 4) is 0 Å². The first-order valence-electron chi connectivity index (χ1n) is 7.24. The maximum absolute atomic E-state index is 4.56. The summed E-state index contributed by atoms with van der Waals surface area (Å²) in [5.74, 6) is 0. The Kier molecular flexibility index (Phi) is 5.14. The number of likely N-dealkylation sites (N-methyl/N-ethyl adjacent to an activating group) is 1. The molecule has 3 nitrogen and oxygen atoms in total. The first-order valence-corrected chi connectivity index (χ1v) is 7.24. The molecule has 18 heavy (non-hydrogen) atoms. The van der Waals surface area contributed by atoms with Crippen LogP contribution >= 0.6 is 0 Å². The molecule has 1 atom stereocenters. The highest BCUT2D eigenvalue weighted by Gasteiger charge is 2.20. The summed E-state index contributed by atoms with van der Waals surface area (Å²) in [6.45, 7) is 8.91. The monoisotopic (exact) mass is 247 g/mol. The van der Waals surface area contributed by atoms with Gasteiger partial charge >= 0.3 is 0 Å². The molecule has 0 aliphatic heterocycles. The van der Waals surface area contributed by atoms with Crippen LogP contribution in [-0.2, 0) is 6.42 Å². The highest BCUT2D eigenvalue weighted by Crippen LogP contribution is 2.27. The molecular weight excluding hydrogens is 222 g/mol. The number of nitrogens with one attached hydrogen (secondary N) is 1. The predicted molar refractivity (Wildman–Crippen MR) is 75.7 cm³/mol. The van der Waals surface area contributed by atoms with E-state index in [1.807, 2.05) is 6.20 Å². The van der Waals surface area contributed by atoms with Crippen LogP contribution < -0.4 is 5.32 Å². The first-order chi connectivity index (χ1) is 8.85. The van der Waals surface area contributed by atoms with Crippen molar-refractivity contribution in [1.82, 2.24) is 15.2 Å². The summed E-state index contributed by atoms with van der Waals surface area (Å²) in [7, 11) is 0. The standard InChI is InChI=1S/C15H25N3/c1-3-18(4-2)12-11-16-14-9-5-7-13-8-6-10-17-15(13)14/h6,8,10,14,16H,3-5,7,9,11-12H2,1-2H3/t14-/m0/s1. The van der Waals surface area contributed by atoms with E-state index in [0.717, 1.165) is 26.2 Å². The largest absolute Gasteiger partial charge is 0.307 e. The molecule has 1 heterocycles. The Balaban J connectivity index is 1.87. The Labute approximate surface area is 111 Å². The van der Waals surface area contributed by atoms with Crippen molar-refractivity contribution in [2.45, 2.75) is 39.2 Å². The van der Waals surface area contributed by atoms with Gasteiger partial charge in [0.25, 0.3) is 0 Å². The van der Waals surface area contributed by atoms with Gasteiger partial charge in [0, 0.05) is 25.3 Å². The van der Waals surface area contributed by atoms with Gasteiger partial charge in [-0.05, 0) is 44.0 Å². The molecule has 0 saturated heterocycles. The second-order valence-electron chi connectivity index (χ2n) is 4.97. The van der Waals surface area contributed by atoms with Crippen LogP contribution in [0.4, 0.5) is 0 Å². The van der Waals surface area contributed by atoms with Crippen molar-refractivity contribution in [2.24, 2.45) is 0 Å². The molecule has 100 valence electrons. The Morgan fingerprint density at radius 3 is 3.00 bits per heavy atom. The summed E-state index contributed by atoms with van der Waals surface area (Å²) in [5, 5.41) is 3.67. The topological polar surface area (TPSA) is 28.2 Å². The second-order valence-corrected chi connectivity index (χ2v) is 4.97. The normalized spacial score (nSPS) is 18.9. The molecular formula is C15H25N3. The van der Waals surface area contributed by atoms with Crippen molar-refractivity contribution < 1.29 is 0 Å². The molecule has 0 fully saturated rings. The van der Waals surface area contributed by atoms with E-state index in [1.54, 1.807) is 0 Å². The number of hydrogen-bond donors (Lipinski definition) is 1. The summed E-state index contributed by atoms with van der Waals surface area (Å²) in [6, 6.07) is 4.74.